The maximum Gasteiger partial charge on any atom is 0.224 e. The molecule has 0 bridgehead atoms. The molecule has 3 nitrogen and oxygen atoms in total. The second kappa shape index (κ2) is 8.51. The van der Waals surface area contributed by atoms with Crippen LogP contribution in [0.15, 0.2) is 0 Å². The number of carbonyl (C=O) groups is 1. The zero-order valence-corrected chi connectivity index (χ0v) is 11.4. The summed E-state index contributed by atoms with van der Waals surface area (Å²) in [7, 11) is 0. The van der Waals surface area contributed by atoms with E-state index in [1.54, 1.807) is 0 Å². The highest BCUT2D eigenvalue weighted by molar-refractivity contribution is 5.79. The van der Waals surface area contributed by atoms with E-state index in [2.05, 4.69) is 24.5 Å². The predicted octanol–water partition coefficient (Wildman–Crippen LogP) is 2.46. The van der Waals surface area contributed by atoms with Crippen LogP contribution in [0.5, 0.6) is 0 Å². The van der Waals surface area contributed by atoms with Crippen LogP contribution in [0.4, 0.5) is 0 Å². The van der Waals surface area contributed by atoms with Gasteiger partial charge in [0.15, 0.2) is 0 Å². The first-order chi connectivity index (χ1) is 8.27. The van der Waals surface area contributed by atoms with Crippen LogP contribution >= 0.6 is 0 Å². The van der Waals surface area contributed by atoms with Crippen molar-refractivity contribution in [2.24, 2.45) is 5.92 Å². The topological polar surface area (TPSA) is 41.1 Å². The normalized spacial score (nSPS) is 22.1. The lowest BCUT2D eigenvalue weighted by atomic mass is 9.97. The van der Waals surface area contributed by atoms with Crippen LogP contribution in [-0.4, -0.2) is 25.0 Å². The smallest absolute Gasteiger partial charge is 0.224 e. The van der Waals surface area contributed by atoms with Crippen molar-refractivity contribution in [2.75, 3.05) is 13.1 Å². The molecule has 0 radical (unpaired) electrons. The van der Waals surface area contributed by atoms with E-state index < -0.39 is 0 Å². The lowest BCUT2D eigenvalue weighted by Gasteiger charge is -2.25. The molecule has 1 aliphatic rings. The van der Waals surface area contributed by atoms with E-state index in [0.717, 1.165) is 45.2 Å². The highest BCUT2D eigenvalue weighted by Gasteiger charge is 2.22. The number of rotatable bonds is 7. The number of amides is 1. The number of nitrogens with one attached hydrogen (secondary N) is 2. The predicted molar refractivity (Wildman–Crippen MR) is 72.0 cm³/mol. The monoisotopic (exact) mass is 240 g/mol. The van der Waals surface area contributed by atoms with Gasteiger partial charge in [-0.25, -0.2) is 0 Å². The molecule has 1 rings (SSSR count). The Bertz CT molecular complexity index is 212. The summed E-state index contributed by atoms with van der Waals surface area (Å²) in [6.45, 7) is 6.32. The van der Waals surface area contributed by atoms with Crippen molar-refractivity contribution in [1.82, 2.24) is 10.6 Å². The molecular weight excluding hydrogens is 212 g/mol. The molecule has 2 N–H and O–H groups in total. The summed E-state index contributed by atoms with van der Waals surface area (Å²) >= 11 is 0. The Morgan fingerprint density at radius 3 is 2.76 bits per heavy atom. The second-order valence-electron chi connectivity index (χ2n) is 5.18. The van der Waals surface area contributed by atoms with Gasteiger partial charge in [-0.15, -0.1) is 0 Å². The van der Waals surface area contributed by atoms with Gasteiger partial charge in [0.25, 0.3) is 0 Å². The minimum absolute atomic E-state index is 0.199. The van der Waals surface area contributed by atoms with Crippen LogP contribution in [0.1, 0.15) is 58.8 Å². The minimum Gasteiger partial charge on any atom is -0.353 e. The molecule has 1 heterocycles. The number of unbranched alkanes of at least 4 members (excludes halogenated alkanes) is 1. The van der Waals surface area contributed by atoms with Crippen LogP contribution in [0.2, 0.25) is 0 Å². The Hall–Kier alpha value is -0.570. The molecule has 1 aliphatic heterocycles. The first-order valence-corrected chi connectivity index (χ1v) is 7.29. The summed E-state index contributed by atoms with van der Waals surface area (Å²) in [4.78, 5) is 12.1. The molecule has 2 atom stereocenters. The van der Waals surface area contributed by atoms with E-state index in [-0.39, 0.29) is 11.8 Å². The summed E-state index contributed by atoms with van der Waals surface area (Å²) in [5.74, 6) is 0.469. The van der Waals surface area contributed by atoms with Crippen LogP contribution in [0.3, 0.4) is 0 Å². The van der Waals surface area contributed by atoms with Crippen molar-refractivity contribution in [3.05, 3.63) is 0 Å². The van der Waals surface area contributed by atoms with Gasteiger partial charge in [0.05, 0.1) is 5.92 Å². The fourth-order valence-electron chi connectivity index (χ4n) is 2.48. The number of hydrogen-bond donors (Lipinski definition) is 2. The van der Waals surface area contributed by atoms with E-state index in [4.69, 9.17) is 0 Å². The third kappa shape index (κ3) is 5.53. The van der Waals surface area contributed by atoms with E-state index in [9.17, 15) is 4.79 Å². The summed E-state index contributed by atoms with van der Waals surface area (Å²) in [6.07, 6.45) is 8.01. The SMILES string of the molecule is CCCCC(CCC)NC(=O)[C@H]1CCCNC1. The van der Waals surface area contributed by atoms with Crippen molar-refractivity contribution in [1.29, 1.82) is 0 Å². The zero-order valence-electron chi connectivity index (χ0n) is 11.4. The Kier molecular flexibility index (Phi) is 7.25. The standard InChI is InChI=1S/C14H28N2O/c1-3-5-9-13(7-4-2)16-14(17)12-8-6-10-15-11-12/h12-13,15H,3-11H2,1-2H3,(H,16,17)/t12-,13?/m0/s1. The first-order valence-electron chi connectivity index (χ1n) is 7.29. The van der Waals surface area contributed by atoms with Crippen LogP contribution in [0.25, 0.3) is 0 Å². The van der Waals surface area contributed by atoms with Gasteiger partial charge < -0.3 is 10.6 Å². The van der Waals surface area contributed by atoms with Gasteiger partial charge in [0.2, 0.25) is 5.91 Å². The zero-order chi connectivity index (χ0) is 12.5. The van der Waals surface area contributed by atoms with E-state index >= 15 is 0 Å². The molecule has 100 valence electrons. The van der Waals surface area contributed by atoms with Gasteiger partial charge in [0.1, 0.15) is 0 Å². The first kappa shape index (κ1) is 14.5. The number of carbonyl (C=O) groups excluding carboxylic acids is 1. The second-order valence-corrected chi connectivity index (χ2v) is 5.18. The Morgan fingerprint density at radius 2 is 2.18 bits per heavy atom. The highest BCUT2D eigenvalue weighted by Crippen LogP contribution is 2.12. The molecule has 0 aromatic rings. The van der Waals surface area contributed by atoms with Crippen molar-refractivity contribution < 1.29 is 4.79 Å². The van der Waals surface area contributed by atoms with Gasteiger partial charge in [-0.2, -0.15) is 0 Å². The fourth-order valence-corrected chi connectivity index (χ4v) is 2.48. The van der Waals surface area contributed by atoms with E-state index in [0.29, 0.717) is 6.04 Å². The molecule has 0 aromatic heterocycles. The highest BCUT2D eigenvalue weighted by atomic mass is 16.2. The lowest BCUT2D eigenvalue weighted by molar-refractivity contribution is -0.126. The summed E-state index contributed by atoms with van der Waals surface area (Å²) in [6, 6.07) is 0.398. The molecule has 1 fully saturated rings. The third-order valence-corrected chi connectivity index (χ3v) is 3.56. The van der Waals surface area contributed by atoms with E-state index in [1.165, 1.54) is 12.8 Å². The summed E-state index contributed by atoms with van der Waals surface area (Å²) < 4.78 is 0. The van der Waals surface area contributed by atoms with Gasteiger partial charge in [-0.3, -0.25) is 4.79 Å². The molecule has 0 aliphatic carbocycles. The third-order valence-electron chi connectivity index (χ3n) is 3.56. The maximum atomic E-state index is 12.1. The summed E-state index contributed by atoms with van der Waals surface area (Å²) in [5, 5.41) is 6.55. The van der Waals surface area contributed by atoms with Gasteiger partial charge in [-0.05, 0) is 32.2 Å². The van der Waals surface area contributed by atoms with Crippen molar-refractivity contribution in [3.8, 4) is 0 Å². The van der Waals surface area contributed by atoms with Crippen LogP contribution in [-0.2, 0) is 4.79 Å². The van der Waals surface area contributed by atoms with Crippen molar-refractivity contribution in [3.63, 3.8) is 0 Å². The van der Waals surface area contributed by atoms with Crippen LogP contribution in [0, 0.1) is 5.92 Å². The lowest BCUT2D eigenvalue weighted by Crippen LogP contribution is -2.44. The summed E-state index contributed by atoms with van der Waals surface area (Å²) in [5.41, 5.74) is 0. The number of piperidine rings is 1. The molecule has 1 amide bonds. The molecule has 17 heavy (non-hydrogen) atoms. The average Bonchev–Trinajstić information content (AvgIpc) is 2.37. The molecule has 0 aromatic carbocycles. The Labute approximate surface area is 106 Å². The van der Waals surface area contributed by atoms with Gasteiger partial charge >= 0.3 is 0 Å². The molecule has 0 saturated carbocycles. The Balaban J connectivity index is 2.33. The van der Waals surface area contributed by atoms with Gasteiger partial charge in [0, 0.05) is 12.6 Å². The molecule has 3 heteroatoms. The van der Waals surface area contributed by atoms with Gasteiger partial charge in [-0.1, -0.05) is 33.1 Å². The van der Waals surface area contributed by atoms with Crippen molar-refractivity contribution in [2.45, 2.75) is 64.8 Å². The largest absolute Gasteiger partial charge is 0.353 e. The fraction of sp³-hybridized carbons (Fsp3) is 0.929. The quantitative estimate of drug-likeness (QED) is 0.718. The maximum absolute atomic E-state index is 12.1. The molecule has 1 unspecified atom stereocenters. The van der Waals surface area contributed by atoms with E-state index in [1.807, 2.05) is 0 Å². The molecule has 0 spiro atoms. The van der Waals surface area contributed by atoms with Crippen LogP contribution < -0.4 is 10.6 Å². The molecular formula is C14H28N2O. The number of hydrogen-bond acceptors (Lipinski definition) is 2. The minimum atomic E-state index is 0.199. The van der Waals surface area contributed by atoms with Crippen molar-refractivity contribution >= 4 is 5.91 Å². The Morgan fingerprint density at radius 1 is 1.35 bits per heavy atom. The molecule has 1 saturated heterocycles. The average molecular weight is 240 g/mol.